The van der Waals surface area contributed by atoms with Crippen molar-refractivity contribution >= 4 is 34.2 Å². The molecule has 1 fully saturated rings. The molecule has 3 aliphatic rings. The van der Waals surface area contributed by atoms with Crippen molar-refractivity contribution in [2.75, 3.05) is 25.4 Å². The lowest BCUT2D eigenvalue weighted by molar-refractivity contribution is -0.118. The third kappa shape index (κ3) is 4.13. The SMILES string of the molecule is CC1CNCCC1NC(=O)C1=CN2CCS(=O)(=O)N=C2C=C1.Cl. The fourth-order valence-electron chi connectivity index (χ4n) is 2.82. The Labute approximate surface area is 142 Å². The fraction of sp³-hybridized carbons (Fsp3) is 0.571. The van der Waals surface area contributed by atoms with Gasteiger partial charge in [0.1, 0.15) is 5.84 Å². The van der Waals surface area contributed by atoms with E-state index in [1.54, 1.807) is 23.3 Å². The van der Waals surface area contributed by atoms with Gasteiger partial charge in [0.15, 0.2) is 0 Å². The van der Waals surface area contributed by atoms with Gasteiger partial charge >= 0.3 is 0 Å². The Morgan fingerprint density at radius 1 is 1.43 bits per heavy atom. The number of amidine groups is 1. The van der Waals surface area contributed by atoms with E-state index in [1.807, 2.05) is 0 Å². The lowest BCUT2D eigenvalue weighted by Crippen LogP contribution is -2.49. The Kier molecular flexibility index (Phi) is 5.49. The number of hydrogen-bond acceptors (Lipinski definition) is 5. The first-order valence-electron chi connectivity index (χ1n) is 7.45. The molecule has 0 spiro atoms. The molecule has 2 unspecified atom stereocenters. The lowest BCUT2D eigenvalue weighted by Gasteiger charge is -2.31. The van der Waals surface area contributed by atoms with Crippen molar-refractivity contribution in [3.05, 3.63) is 23.9 Å². The third-order valence-corrected chi connectivity index (χ3v) is 5.35. The zero-order valence-electron chi connectivity index (χ0n) is 12.9. The summed E-state index contributed by atoms with van der Waals surface area (Å²) in [6.07, 6.45) is 5.79. The van der Waals surface area contributed by atoms with Gasteiger partial charge in [0.2, 0.25) is 0 Å². The molecule has 23 heavy (non-hydrogen) atoms. The molecule has 0 aromatic heterocycles. The van der Waals surface area contributed by atoms with Gasteiger partial charge in [-0.05, 0) is 37.6 Å². The van der Waals surface area contributed by atoms with Gasteiger partial charge in [-0.3, -0.25) is 4.79 Å². The molecule has 9 heteroatoms. The van der Waals surface area contributed by atoms with Crippen LogP contribution in [0.3, 0.4) is 0 Å². The maximum atomic E-state index is 12.4. The molecule has 0 aliphatic carbocycles. The fourth-order valence-corrected chi connectivity index (χ4v) is 3.78. The molecule has 2 N–H and O–H groups in total. The van der Waals surface area contributed by atoms with E-state index < -0.39 is 10.0 Å². The second kappa shape index (κ2) is 7.02. The number of piperidine rings is 1. The number of sulfonamides is 1. The molecule has 0 bridgehead atoms. The molecular formula is C14H21ClN4O3S. The van der Waals surface area contributed by atoms with Crippen molar-refractivity contribution in [3.63, 3.8) is 0 Å². The summed E-state index contributed by atoms with van der Waals surface area (Å²) in [5.74, 6) is 0.616. The van der Waals surface area contributed by atoms with Crippen molar-refractivity contribution in [3.8, 4) is 0 Å². The van der Waals surface area contributed by atoms with Gasteiger partial charge in [0.05, 0.1) is 11.3 Å². The molecule has 1 saturated heterocycles. The van der Waals surface area contributed by atoms with Gasteiger partial charge in [-0.15, -0.1) is 16.8 Å². The van der Waals surface area contributed by atoms with E-state index in [0.717, 1.165) is 19.5 Å². The van der Waals surface area contributed by atoms with Crippen LogP contribution in [0.25, 0.3) is 0 Å². The summed E-state index contributed by atoms with van der Waals surface area (Å²) < 4.78 is 26.6. The zero-order valence-corrected chi connectivity index (χ0v) is 14.5. The van der Waals surface area contributed by atoms with E-state index >= 15 is 0 Å². The second-order valence-electron chi connectivity index (χ2n) is 5.90. The van der Waals surface area contributed by atoms with E-state index in [4.69, 9.17) is 0 Å². The van der Waals surface area contributed by atoms with Crippen molar-refractivity contribution in [2.24, 2.45) is 10.3 Å². The number of hydrogen-bond donors (Lipinski definition) is 2. The zero-order chi connectivity index (χ0) is 15.7. The summed E-state index contributed by atoms with van der Waals surface area (Å²) in [6, 6.07) is 0.167. The topological polar surface area (TPSA) is 90.9 Å². The summed E-state index contributed by atoms with van der Waals surface area (Å²) in [5, 5.41) is 6.37. The van der Waals surface area contributed by atoms with Gasteiger partial charge < -0.3 is 15.5 Å². The monoisotopic (exact) mass is 360 g/mol. The third-order valence-electron chi connectivity index (χ3n) is 4.19. The highest BCUT2D eigenvalue weighted by atomic mass is 35.5. The van der Waals surface area contributed by atoms with Crippen LogP contribution in [0, 0.1) is 5.92 Å². The number of rotatable bonds is 2. The highest BCUT2D eigenvalue weighted by Crippen LogP contribution is 2.17. The molecule has 0 aromatic rings. The first-order chi connectivity index (χ1) is 10.4. The van der Waals surface area contributed by atoms with Gasteiger partial charge in [0, 0.05) is 18.8 Å². The molecule has 0 saturated carbocycles. The molecule has 3 rings (SSSR count). The van der Waals surface area contributed by atoms with Crippen LogP contribution >= 0.6 is 12.4 Å². The van der Waals surface area contributed by atoms with Crippen molar-refractivity contribution in [1.82, 2.24) is 15.5 Å². The second-order valence-corrected chi connectivity index (χ2v) is 7.65. The predicted octanol–water partition coefficient (Wildman–Crippen LogP) is 0.0200. The number of nitrogens with one attached hydrogen (secondary N) is 2. The highest BCUT2D eigenvalue weighted by molar-refractivity contribution is 7.90. The normalized spacial score (nSPS) is 28.8. The Morgan fingerprint density at radius 2 is 2.22 bits per heavy atom. The van der Waals surface area contributed by atoms with Gasteiger partial charge in [0.25, 0.3) is 15.9 Å². The van der Waals surface area contributed by atoms with Crippen molar-refractivity contribution in [2.45, 2.75) is 19.4 Å². The van der Waals surface area contributed by atoms with Gasteiger partial charge in [-0.2, -0.15) is 0 Å². The number of carbonyl (C=O) groups is 1. The van der Waals surface area contributed by atoms with Crippen LogP contribution in [0.5, 0.6) is 0 Å². The number of halogens is 1. The number of amides is 1. The van der Waals surface area contributed by atoms with Crippen LogP contribution in [0.4, 0.5) is 0 Å². The molecule has 128 valence electrons. The van der Waals surface area contributed by atoms with E-state index in [-0.39, 0.29) is 30.1 Å². The minimum Gasteiger partial charge on any atom is -0.349 e. The predicted molar refractivity (Wildman–Crippen MR) is 91.0 cm³/mol. The first-order valence-corrected chi connectivity index (χ1v) is 9.06. The molecule has 1 amide bonds. The minimum absolute atomic E-state index is 0. The maximum Gasteiger partial charge on any atom is 0.256 e. The summed E-state index contributed by atoms with van der Waals surface area (Å²) in [5.41, 5.74) is 0.531. The highest BCUT2D eigenvalue weighted by Gasteiger charge is 2.27. The van der Waals surface area contributed by atoms with Crippen LogP contribution in [-0.4, -0.2) is 56.5 Å². The Morgan fingerprint density at radius 3 is 2.96 bits per heavy atom. The van der Waals surface area contributed by atoms with E-state index in [2.05, 4.69) is 22.0 Å². The van der Waals surface area contributed by atoms with Crippen molar-refractivity contribution in [1.29, 1.82) is 0 Å². The molecule has 2 atom stereocenters. The summed E-state index contributed by atoms with van der Waals surface area (Å²) >= 11 is 0. The standard InChI is InChI=1S/C14H20N4O3S.ClH/c1-10-8-15-5-4-12(10)16-14(19)11-2-3-13-17-22(20,21)7-6-18(13)9-11;/h2-3,9-10,12,15H,4-8H2,1H3,(H,16,19);1H. The summed E-state index contributed by atoms with van der Waals surface area (Å²) in [6.45, 7) is 4.25. The Bertz CT molecular complexity index is 672. The largest absolute Gasteiger partial charge is 0.349 e. The van der Waals surface area contributed by atoms with Crippen LogP contribution in [-0.2, 0) is 14.8 Å². The first kappa shape index (κ1) is 18.0. The maximum absolute atomic E-state index is 12.4. The molecule has 7 nitrogen and oxygen atoms in total. The Balaban J connectivity index is 0.00000192. The van der Waals surface area contributed by atoms with E-state index in [9.17, 15) is 13.2 Å². The summed E-state index contributed by atoms with van der Waals surface area (Å²) in [7, 11) is -3.36. The van der Waals surface area contributed by atoms with E-state index in [1.165, 1.54) is 0 Å². The number of nitrogens with zero attached hydrogens (tertiary/aromatic N) is 2. The smallest absolute Gasteiger partial charge is 0.256 e. The lowest BCUT2D eigenvalue weighted by atomic mass is 9.95. The quantitative estimate of drug-likeness (QED) is 0.724. The average Bonchev–Trinajstić information content (AvgIpc) is 2.48. The molecule has 0 radical (unpaired) electrons. The molecule has 3 aliphatic heterocycles. The van der Waals surface area contributed by atoms with E-state index in [0.29, 0.717) is 23.9 Å². The molecule has 0 aromatic carbocycles. The minimum atomic E-state index is -3.36. The summed E-state index contributed by atoms with van der Waals surface area (Å²) in [4.78, 5) is 14.1. The van der Waals surface area contributed by atoms with Gasteiger partial charge in [-0.25, -0.2) is 8.42 Å². The average molecular weight is 361 g/mol. The van der Waals surface area contributed by atoms with Crippen LogP contribution in [0.2, 0.25) is 0 Å². The molecule has 3 heterocycles. The van der Waals surface area contributed by atoms with Crippen LogP contribution < -0.4 is 10.6 Å². The Hall–Kier alpha value is -1.38. The molecular weight excluding hydrogens is 340 g/mol. The van der Waals surface area contributed by atoms with Crippen LogP contribution in [0.1, 0.15) is 13.3 Å². The number of carbonyl (C=O) groups excluding carboxylic acids is 1. The van der Waals surface area contributed by atoms with Crippen LogP contribution in [0.15, 0.2) is 28.3 Å². The number of fused-ring (bicyclic) bond motifs is 1. The van der Waals surface area contributed by atoms with Gasteiger partial charge in [-0.1, -0.05) is 6.92 Å². The van der Waals surface area contributed by atoms with Crippen molar-refractivity contribution < 1.29 is 13.2 Å².